The maximum absolute atomic E-state index is 11.8. The molecule has 2 bridgehead atoms. The van der Waals surface area contributed by atoms with E-state index in [0.717, 1.165) is 19.3 Å². The van der Waals surface area contributed by atoms with Crippen molar-refractivity contribution in [2.75, 3.05) is 26.4 Å². The van der Waals surface area contributed by atoms with Crippen molar-refractivity contribution in [2.45, 2.75) is 149 Å². The molecule has 0 spiro atoms. The minimum Gasteiger partial charge on any atom is -0.478 e. The third-order valence-corrected chi connectivity index (χ3v) is 12.5. The quantitative estimate of drug-likeness (QED) is 0.130. The molecule has 11 unspecified atom stereocenters. The van der Waals surface area contributed by atoms with Crippen molar-refractivity contribution < 1.29 is 110 Å². The number of ketones is 1. The molecule has 0 amide bonds. The summed E-state index contributed by atoms with van der Waals surface area (Å²) in [6.07, 6.45) is 0.621. The van der Waals surface area contributed by atoms with Crippen molar-refractivity contribution in [3.05, 3.63) is 72.9 Å². The zero-order valence-corrected chi connectivity index (χ0v) is 45.8. The first kappa shape index (κ1) is 67.2. The number of carbonyl (C=O) groups excluding carboxylic acids is 10. The normalized spacial score (nSPS) is 27.1. The molecule has 11 atom stereocenters. The van der Waals surface area contributed by atoms with Crippen LogP contribution < -0.4 is 0 Å². The van der Waals surface area contributed by atoms with Gasteiger partial charge in [-0.25, -0.2) is 33.6 Å². The van der Waals surface area contributed by atoms with E-state index in [1.54, 1.807) is 34.6 Å². The highest BCUT2D eigenvalue weighted by molar-refractivity contribution is 5.91. The van der Waals surface area contributed by atoms with Crippen molar-refractivity contribution in [1.29, 1.82) is 5.26 Å². The summed E-state index contributed by atoms with van der Waals surface area (Å²) < 4.78 is 49.0. The van der Waals surface area contributed by atoms with Crippen molar-refractivity contribution in [3.63, 3.8) is 0 Å². The molecule has 434 valence electrons. The van der Waals surface area contributed by atoms with Gasteiger partial charge in [0.15, 0.2) is 29.0 Å². The summed E-state index contributed by atoms with van der Waals surface area (Å²) in [7, 11) is 0. The molecular formula is C55H71NO23. The first-order valence-electron chi connectivity index (χ1n) is 24.8. The highest BCUT2D eigenvalue weighted by Crippen LogP contribution is 2.62. The van der Waals surface area contributed by atoms with Crippen LogP contribution in [0.2, 0.25) is 0 Å². The molecular weight excluding hydrogens is 1040 g/mol. The molecule has 0 aromatic carbocycles. The number of rotatable bonds is 14. The number of nitriles is 1. The number of hydrogen-bond acceptors (Lipinski definition) is 23. The summed E-state index contributed by atoms with van der Waals surface area (Å²) in [5, 5.41) is 26.8. The van der Waals surface area contributed by atoms with Crippen LogP contribution in [0, 0.1) is 34.5 Å². The Labute approximate surface area is 457 Å². The van der Waals surface area contributed by atoms with Crippen LogP contribution in [0.1, 0.15) is 107 Å². The van der Waals surface area contributed by atoms with E-state index in [0.29, 0.717) is 48.0 Å². The summed E-state index contributed by atoms with van der Waals surface area (Å²) in [5.74, 6) is -4.95. The first-order chi connectivity index (χ1) is 36.7. The lowest BCUT2D eigenvalue weighted by atomic mass is 9.74. The molecule has 0 aromatic heterocycles. The van der Waals surface area contributed by atoms with E-state index in [-0.39, 0.29) is 85.6 Å². The molecule has 2 N–H and O–H groups in total. The zero-order chi connectivity index (χ0) is 60.3. The molecule has 0 aromatic rings. The third-order valence-electron chi connectivity index (χ3n) is 12.5. The van der Waals surface area contributed by atoms with Gasteiger partial charge >= 0.3 is 59.9 Å². The van der Waals surface area contributed by atoms with E-state index in [4.69, 9.17) is 43.0 Å². The van der Waals surface area contributed by atoms with E-state index < -0.39 is 89.5 Å². The minimum atomic E-state index is -0.985. The Morgan fingerprint density at radius 1 is 0.722 bits per heavy atom. The fourth-order valence-corrected chi connectivity index (χ4v) is 8.24. The number of esters is 8. The molecule has 24 heteroatoms. The van der Waals surface area contributed by atoms with E-state index in [1.165, 1.54) is 20.8 Å². The number of fused-ring (bicyclic) bond motifs is 1. The van der Waals surface area contributed by atoms with E-state index in [1.807, 2.05) is 0 Å². The largest absolute Gasteiger partial charge is 0.508 e. The Hall–Kier alpha value is -7.94. The number of ether oxygens (including phenoxy) is 10. The smallest absolute Gasteiger partial charge is 0.478 e. The van der Waals surface area contributed by atoms with Gasteiger partial charge in [-0.05, 0) is 87.5 Å². The average molecular weight is 1110 g/mol. The van der Waals surface area contributed by atoms with Crippen molar-refractivity contribution in [2.24, 2.45) is 23.2 Å². The average Bonchev–Trinajstić information content (AvgIpc) is 4.24. The number of nitrogens with zero attached hydrogens (tertiary/aromatic N) is 1. The van der Waals surface area contributed by atoms with Gasteiger partial charge in [0.25, 0.3) is 0 Å². The van der Waals surface area contributed by atoms with Gasteiger partial charge in [0.05, 0.1) is 18.6 Å². The number of cyclic esters (lactones) is 4. The number of carboxylic acid groups (broad SMARTS) is 1. The van der Waals surface area contributed by atoms with E-state index in [2.05, 4.69) is 55.0 Å². The number of aliphatic hydroxyl groups excluding tert-OH is 1. The van der Waals surface area contributed by atoms with Gasteiger partial charge in [0, 0.05) is 57.6 Å². The van der Waals surface area contributed by atoms with Gasteiger partial charge in [-0.15, -0.1) is 0 Å². The lowest BCUT2D eigenvalue weighted by Crippen LogP contribution is -2.39. The van der Waals surface area contributed by atoms with Crippen LogP contribution in [0.4, 0.5) is 4.79 Å². The maximum Gasteiger partial charge on any atom is 0.508 e. The Balaban J connectivity index is 0.000000331. The van der Waals surface area contributed by atoms with Gasteiger partial charge in [0.2, 0.25) is 0 Å². The zero-order valence-electron chi connectivity index (χ0n) is 45.8. The first-order valence-corrected chi connectivity index (χ1v) is 24.8. The van der Waals surface area contributed by atoms with Crippen LogP contribution in [0.25, 0.3) is 0 Å². The van der Waals surface area contributed by atoms with Crippen molar-refractivity contribution in [3.8, 4) is 6.07 Å². The second-order valence-electron chi connectivity index (χ2n) is 20.0. The Bertz CT molecular complexity index is 2480. The molecule has 3 saturated carbocycles. The van der Waals surface area contributed by atoms with Crippen LogP contribution in [-0.4, -0.2) is 145 Å². The monoisotopic (exact) mass is 1110 g/mol. The molecule has 0 radical (unpaired) electrons. The number of Topliss-reactive ketones (excluding diaryl/α,β-unsaturated/α-hetero) is 1. The Kier molecular flexibility index (Phi) is 25.7. The van der Waals surface area contributed by atoms with Crippen LogP contribution in [-0.2, 0) is 95.3 Å². The second-order valence-corrected chi connectivity index (χ2v) is 20.0. The van der Waals surface area contributed by atoms with Crippen LogP contribution >= 0.6 is 0 Å². The standard InChI is InChI=1S/C13H13NO4.C12H18O4.2C9H12O4.C8H10O5.C4H6O2/c1-6(2)11(15)17-9-7-3-8-10(9)18-12(16)13(8,4-7)5-14;1-7(2)12(15)16-11(8(3)13)9-5-4-6-10(9)14;1-6(2)8(11)13-9(3)4-7(10)12-5-9;1-6(2)9(11)13-7-3-4-8(10)12-5-7;1-5(2)7(9)11-3-6-4-12-8(10)13-6;1-3(2)4(5)6/h7-10H,1,3-4H2,2H3;9-11,14H,1,4-6H2,2-3H3;1,4-5H2,2-3H3;7H,1,3-5H2,2H3;6H,1,3-4H2,2H3;1H2,2H3,(H,5,6). The fraction of sp³-hybridized carbons (Fsp3) is 0.564. The molecule has 24 nitrogen and oxygen atoms in total. The molecule has 4 heterocycles. The predicted molar refractivity (Wildman–Crippen MR) is 272 cm³/mol. The number of carbonyl (C=O) groups is 11. The van der Waals surface area contributed by atoms with Crippen LogP contribution in [0.15, 0.2) is 72.9 Å². The Morgan fingerprint density at radius 3 is 1.72 bits per heavy atom. The van der Waals surface area contributed by atoms with E-state index in [9.17, 15) is 63.1 Å². The second kappa shape index (κ2) is 30.3. The summed E-state index contributed by atoms with van der Waals surface area (Å²) in [6.45, 7) is 33.2. The van der Waals surface area contributed by atoms with Crippen LogP contribution in [0.3, 0.4) is 0 Å². The highest BCUT2D eigenvalue weighted by Gasteiger charge is 2.72. The number of carboxylic acids is 1. The predicted octanol–water partition coefficient (Wildman–Crippen LogP) is 5.08. The Morgan fingerprint density at radius 2 is 1.29 bits per heavy atom. The highest BCUT2D eigenvalue weighted by atomic mass is 16.8. The lowest BCUT2D eigenvalue weighted by molar-refractivity contribution is -0.163. The molecule has 7 rings (SSSR count). The number of hydrogen-bond donors (Lipinski definition) is 2. The molecule has 7 aliphatic rings. The van der Waals surface area contributed by atoms with Crippen molar-refractivity contribution in [1.82, 2.24) is 0 Å². The number of aliphatic hydroxyl groups is 1. The molecule has 4 aliphatic heterocycles. The minimum absolute atomic E-state index is 0.0113. The molecule has 4 saturated heterocycles. The summed E-state index contributed by atoms with van der Waals surface area (Å²) >= 11 is 0. The molecule has 79 heavy (non-hydrogen) atoms. The topological polar surface area (TPSA) is 344 Å². The van der Waals surface area contributed by atoms with Crippen molar-refractivity contribution >= 4 is 65.7 Å². The summed E-state index contributed by atoms with van der Waals surface area (Å²) in [4.78, 5) is 121. The van der Waals surface area contributed by atoms with Gasteiger partial charge < -0.3 is 57.6 Å². The summed E-state index contributed by atoms with van der Waals surface area (Å²) in [5.41, 5.74) is -0.0423. The van der Waals surface area contributed by atoms with Crippen LogP contribution in [0.5, 0.6) is 0 Å². The van der Waals surface area contributed by atoms with E-state index >= 15 is 0 Å². The molecule has 3 aliphatic carbocycles. The maximum atomic E-state index is 11.8. The third kappa shape index (κ3) is 20.4. The summed E-state index contributed by atoms with van der Waals surface area (Å²) in [6, 6.07) is 2.11. The SMILES string of the molecule is C=C(C)C(=O)O.C=C(C)C(=O)OC(C(C)=O)C1CCCC1O.C=C(C)C(=O)OC1(C)COC(=O)C1.C=C(C)C(=O)OC1C2CC3C1OC(=O)C3(C#N)C2.C=C(C)C(=O)OC1CCC(=O)OC1.C=C(C)C(=O)OCC1COC(=O)O1. The van der Waals surface area contributed by atoms with Gasteiger partial charge in [-0.2, -0.15) is 5.26 Å². The number of aliphatic carboxylic acids is 1. The van der Waals surface area contributed by atoms with Gasteiger partial charge in [0.1, 0.15) is 44.7 Å². The fourth-order valence-electron chi connectivity index (χ4n) is 8.24. The van der Waals surface area contributed by atoms with Gasteiger partial charge in [-0.3, -0.25) is 19.2 Å². The van der Waals surface area contributed by atoms with Gasteiger partial charge in [-0.1, -0.05) is 45.9 Å². The molecule has 7 fully saturated rings. The lowest BCUT2D eigenvalue weighted by Gasteiger charge is -2.27.